The van der Waals surface area contributed by atoms with Crippen LogP contribution in [0.4, 0.5) is 0 Å². The van der Waals surface area contributed by atoms with E-state index < -0.39 is 5.60 Å². The Kier molecular flexibility index (Phi) is 3.86. The first-order chi connectivity index (χ1) is 9.79. The van der Waals surface area contributed by atoms with Crippen LogP contribution in [0.15, 0.2) is 60.7 Å². The van der Waals surface area contributed by atoms with E-state index >= 15 is 0 Å². The van der Waals surface area contributed by atoms with Gasteiger partial charge in [-0.15, -0.1) is 0 Å². The van der Waals surface area contributed by atoms with Crippen LogP contribution in [0.3, 0.4) is 0 Å². The van der Waals surface area contributed by atoms with E-state index in [9.17, 15) is 5.11 Å². The van der Waals surface area contributed by atoms with Gasteiger partial charge >= 0.3 is 0 Å². The van der Waals surface area contributed by atoms with Gasteiger partial charge < -0.3 is 10.4 Å². The molecule has 1 fully saturated rings. The Bertz CT molecular complexity index is 540. The van der Waals surface area contributed by atoms with Crippen molar-refractivity contribution in [2.75, 3.05) is 0 Å². The molecule has 0 spiro atoms. The highest BCUT2D eigenvalue weighted by Gasteiger charge is 2.42. The first kappa shape index (κ1) is 13.3. The molecule has 0 saturated heterocycles. The zero-order valence-electron chi connectivity index (χ0n) is 11.6. The summed E-state index contributed by atoms with van der Waals surface area (Å²) >= 11 is 0. The Morgan fingerprint density at radius 2 is 1.65 bits per heavy atom. The molecule has 0 radical (unpaired) electrons. The summed E-state index contributed by atoms with van der Waals surface area (Å²) in [4.78, 5) is 0. The van der Waals surface area contributed by atoms with Crippen LogP contribution in [0.1, 0.15) is 30.4 Å². The van der Waals surface area contributed by atoms with E-state index in [1.807, 2.05) is 36.4 Å². The van der Waals surface area contributed by atoms with Gasteiger partial charge in [0.15, 0.2) is 0 Å². The van der Waals surface area contributed by atoms with Gasteiger partial charge in [0.25, 0.3) is 0 Å². The number of hydrogen-bond donors (Lipinski definition) is 2. The summed E-state index contributed by atoms with van der Waals surface area (Å²) < 4.78 is 0. The zero-order valence-corrected chi connectivity index (χ0v) is 11.6. The Balaban J connectivity index is 1.73. The molecule has 0 heterocycles. The smallest absolute Gasteiger partial charge is 0.105 e. The molecular formula is C18H21NO. The predicted octanol–water partition coefficient (Wildman–Crippen LogP) is 3.22. The van der Waals surface area contributed by atoms with Gasteiger partial charge in [0.2, 0.25) is 0 Å². The van der Waals surface area contributed by atoms with E-state index in [2.05, 4.69) is 29.6 Å². The van der Waals surface area contributed by atoms with Crippen LogP contribution in [-0.2, 0) is 12.1 Å². The van der Waals surface area contributed by atoms with Gasteiger partial charge in [-0.05, 0) is 30.4 Å². The molecule has 1 aliphatic rings. The van der Waals surface area contributed by atoms with Crippen molar-refractivity contribution in [1.82, 2.24) is 5.32 Å². The fraction of sp³-hybridized carbons (Fsp3) is 0.333. The van der Waals surface area contributed by atoms with Crippen LogP contribution in [0.5, 0.6) is 0 Å². The van der Waals surface area contributed by atoms with Gasteiger partial charge in [-0.3, -0.25) is 0 Å². The molecule has 2 N–H and O–H groups in total. The van der Waals surface area contributed by atoms with E-state index in [0.29, 0.717) is 0 Å². The van der Waals surface area contributed by atoms with Crippen molar-refractivity contribution in [3.8, 4) is 0 Å². The SMILES string of the molecule is O[C@@]1(c2ccccc2)CCC[C@H]1NCc1ccccc1. The lowest BCUT2D eigenvalue weighted by Crippen LogP contribution is -2.44. The summed E-state index contributed by atoms with van der Waals surface area (Å²) in [6.45, 7) is 0.806. The van der Waals surface area contributed by atoms with E-state index in [0.717, 1.165) is 31.4 Å². The summed E-state index contributed by atoms with van der Waals surface area (Å²) in [5.74, 6) is 0. The number of aliphatic hydroxyl groups is 1. The molecule has 2 atom stereocenters. The number of nitrogens with one attached hydrogen (secondary N) is 1. The molecule has 20 heavy (non-hydrogen) atoms. The van der Waals surface area contributed by atoms with Crippen LogP contribution >= 0.6 is 0 Å². The largest absolute Gasteiger partial charge is 0.384 e. The lowest BCUT2D eigenvalue weighted by molar-refractivity contribution is 0.0155. The van der Waals surface area contributed by atoms with Crippen molar-refractivity contribution in [3.63, 3.8) is 0 Å². The van der Waals surface area contributed by atoms with E-state index in [1.54, 1.807) is 0 Å². The van der Waals surface area contributed by atoms with Crippen molar-refractivity contribution in [2.24, 2.45) is 0 Å². The maximum Gasteiger partial charge on any atom is 0.105 e. The molecular weight excluding hydrogens is 246 g/mol. The topological polar surface area (TPSA) is 32.3 Å². The second kappa shape index (κ2) is 5.78. The second-order valence-electron chi connectivity index (χ2n) is 5.60. The highest BCUT2D eigenvalue weighted by atomic mass is 16.3. The lowest BCUT2D eigenvalue weighted by Gasteiger charge is -2.31. The van der Waals surface area contributed by atoms with Crippen LogP contribution in [0, 0.1) is 0 Å². The lowest BCUT2D eigenvalue weighted by atomic mass is 9.88. The molecule has 3 rings (SSSR count). The summed E-state index contributed by atoms with van der Waals surface area (Å²) in [5.41, 5.74) is 1.56. The van der Waals surface area contributed by atoms with Crippen molar-refractivity contribution < 1.29 is 5.11 Å². The molecule has 1 aliphatic carbocycles. The van der Waals surface area contributed by atoms with Gasteiger partial charge in [-0.1, -0.05) is 60.7 Å². The van der Waals surface area contributed by atoms with Crippen molar-refractivity contribution in [2.45, 2.75) is 37.5 Å². The molecule has 0 unspecified atom stereocenters. The van der Waals surface area contributed by atoms with E-state index in [4.69, 9.17) is 0 Å². The highest BCUT2D eigenvalue weighted by molar-refractivity contribution is 5.26. The fourth-order valence-corrected chi connectivity index (χ4v) is 3.17. The standard InChI is InChI=1S/C18H21NO/c20-18(16-10-5-2-6-11-16)13-7-12-17(18)19-14-15-8-3-1-4-9-15/h1-6,8-11,17,19-20H,7,12-14H2/t17-,18-/m1/s1. The third kappa shape index (κ3) is 2.62. The normalized spacial score (nSPS) is 25.8. The Hall–Kier alpha value is -1.64. The van der Waals surface area contributed by atoms with Gasteiger partial charge in [0.05, 0.1) is 0 Å². The average molecular weight is 267 g/mol. The minimum atomic E-state index is -0.726. The van der Waals surface area contributed by atoms with E-state index in [-0.39, 0.29) is 6.04 Å². The Labute approximate surface area is 120 Å². The third-order valence-electron chi connectivity index (χ3n) is 4.30. The van der Waals surface area contributed by atoms with Crippen molar-refractivity contribution in [3.05, 3.63) is 71.8 Å². The van der Waals surface area contributed by atoms with E-state index in [1.165, 1.54) is 5.56 Å². The monoisotopic (exact) mass is 267 g/mol. The van der Waals surface area contributed by atoms with Gasteiger partial charge in [-0.25, -0.2) is 0 Å². The summed E-state index contributed by atoms with van der Waals surface area (Å²) in [5, 5.41) is 14.6. The number of hydrogen-bond acceptors (Lipinski definition) is 2. The predicted molar refractivity (Wildman–Crippen MR) is 81.3 cm³/mol. The van der Waals surface area contributed by atoms with Crippen molar-refractivity contribution >= 4 is 0 Å². The first-order valence-electron chi connectivity index (χ1n) is 7.34. The van der Waals surface area contributed by atoms with Crippen LogP contribution in [0.25, 0.3) is 0 Å². The molecule has 0 bridgehead atoms. The van der Waals surface area contributed by atoms with Gasteiger partial charge in [0.1, 0.15) is 5.60 Å². The molecule has 2 heteroatoms. The average Bonchev–Trinajstić information content (AvgIpc) is 2.89. The Morgan fingerprint density at radius 1 is 1.00 bits per heavy atom. The number of rotatable bonds is 4. The molecule has 0 amide bonds. The van der Waals surface area contributed by atoms with Gasteiger partial charge in [0, 0.05) is 12.6 Å². The molecule has 2 aromatic carbocycles. The fourth-order valence-electron chi connectivity index (χ4n) is 3.17. The maximum absolute atomic E-state index is 11.0. The molecule has 2 aromatic rings. The molecule has 0 aliphatic heterocycles. The maximum atomic E-state index is 11.0. The third-order valence-corrected chi connectivity index (χ3v) is 4.30. The number of benzene rings is 2. The second-order valence-corrected chi connectivity index (χ2v) is 5.60. The summed E-state index contributed by atoms with van der Waals surface area (Å²) in [6, 6.07) is 20.5. The highest BCUT2D eigenvalue weighted by Crippen LogP contribution is 2.38. The Morgan fingerprint density at radius 3 is 2.35 bits per heavy atom. The molecule has 104 valence electrons. The van der Waals surface area contributed by atoms with Crippen molar-refractivity contribution in [1.29, 1.82) is 0 Å². The minimum Gasteiger partial charge on any atom is -0.384 e. The van der Waals surface area contributed by atoms with Crippen LogP contribution in [-0.4, -0.2) is 11.1 Å². The van der Waals surface area contributed by atoms with Crippen LogP contribution in [0.2, 0.25) is 0 Å². The van der Waals surface area contributed by atoms with Crippen LogP contribution < -0.4 is 5.32 Å². The minimum absolute atomic E-state index is 0.130. The quantitative estimate of drug-likeness (QED) is 0.891. The summed E-state index contributed by atoms with van der Waals surface area (Å²) in [6.07, 6.45) is 2.93. The van der Waals surface area contributed by atoms with Gasteiger partial charge in [-0.2, -0.15) is 0 Å². The molecule has 0 aromatic heterocycles. The summed E-state index contributed by atoms with van der Waals surface area (Å²) in [7, 11) is 0. The first-order valence-corrected chi connectivity index (χ1v) is 7.34. The molecule has 2 nitrogen and oxygen atoms in total. The zero-order chi connectivity index (χ0) is 13.8. The molecule has 1 saturated carbocycles.